The van der Waals surface area contributed by atoms with Crippen LogP contribution in [-0.2, 0) is 18.3 Å². The van der Waals surface area contributed by atoms with Crippen LogP contribution in [0, 0.1) is 11.8 Å². The van der Waals surface area contributed by atoms with Gasteiger partial charge in [0.2, 0.25) is 0 Å². The highest BCUT2D eigenvalue weighted by Crippen LogP contribution is 2.37. The summed E-state index contributed by atoms with van der Waals surface area (Å²) in [5.74, 6) is 1.14. The Hall–Kier alpha value is -1.19. The lowest BCUT2D eigenvalue weighted by Gasteiger charge is -2.06. The maximum absolute atomic E-state index is 11.7. The Labute approximate surface area is 83.3 Å². The first-order valence-electron chi connectivity index (χ1n) is 5.04. The molecule has 0 spiro atoms. The van der Waals surface area contributed by atoms with Gasteiger partial charge in [-0.2, -0.15) is 0 Å². The average molecular weight is 193 g/mol. The fraction of sp³-hybridized carbons (Fsp3) is 0.700. The van der Waals surface area contributed by atoms with E-state index in [-0.39, 0.29) is 5.92 Å². The first kappa shape index (κ1) is 9.37. The van der Waals surface area contributed by atoms with Gasteiger partial charge in [0, 0.05) is 19.2 Å². The van der Waals surface area contributed by atoms with Crippen molar-refractivity contribution in [3.8, 4) is 0 Å². The molecule has 1 aromatic heterocycles. The quantitative estimate of drug-likeness (QED) is 0.716. The van der Waals surface area contributed by atoms with Crippen molar-refractivity contribution in [2.45, 2.75) is 26.2 Å². The van der Waals surface area contributed by atoms with E-state index in [1.165, 1.54) is 12.8 Å². The van der Waals surface area contributed by atoms with E-state index in [1.807, 2.05) is 14.0 Å². The molecule has 0 bridgehead atoms. The Morgan fingerprint density at radius 2 is 2.43 bits per heavy atom. The lowest BCUT2D eigenvalue weighted by molar-refractivity contribution is -0.122. The minimum Gasteiger partial charge on any atom is -0.299 e. The van der Waals surface area contributed by atoms with E-state index >= 15 is 0 Å². The summed E-state index contributed by atoms with van der Waals surface area (Å²) in [4.78, 5) is 11.7. The molecule has 0 radical (unpaired) electrons. The van der Waals surface area contributed by atoms with E-state index in [4.69, 9.17) is 0 Å². The average Bonchev–Trinajstić information content (AvgIpc) is 2.91. The topological polar surface area (TPSA) is 47.8 Å². The summed E-state index contributed by atoms with van der Waals surface area (Å²) in [7, 11) is 1.81. The van der Waals surface area contributed by atoms with E-state index in [0.29, 0.717) is 18.1 Å². The second-order valence-corrected chi connectivity index (χ2v) is 4.15. The number of nitrogens with zero attached hydrogens (tertiary/aromatic N) is 3. The van der Waals surface area contributed by atoms with Crippen LogP contribution in [0.5, 0.6) is 0 Å². The van der Waals surface area contributed by atoms with Gasteiger partial charge in [-0.05, 0) is 18.8 Å². The molecule has 1 saturated carbocycles. The van der Waals surface area contributed by atoms with E-state index in [1.54, 1.807) is 10.9 Å². The fourth-order valence-corrected chi connectivity index (χ4v) is 1.67. The summed E-state index contributed by atoms with van der Waals surface area (Å²) < 4.78 is 1.63. The summed E-state index contributed by atoms with van der Waals surface area (Å²) in [6.45, 7) is 2.02. The predicted octanol–water partition coefficient (Wildman–Crippen LogP) is 0.973. The number of carbonyl (C=O) groups excluding carboxylic acids is 1. The normalized spacial score (nSPS) is 18.1. The van der Waals surface area contributed by atoms with Gasteiger partial charge < -0.3 is 0 Å². The van der Waals surface area contributed by atoms with Crippen LogP contribution in [0.25, 0.3) is 0 Å². The first-order valence-corrected chi connectivity index (χ1v) is 5.04. The number of aromatic nitrogens is 3. The number of ketones is 1. The zero-order valence-electron chi connectivity index (χ0n) is 8.60. The van der Waals surface area contributed by atoms with Crippen molar-refractivity contribution in [1.29, 1.82) is 0 Å². The molecule has 4 nitrogen and oxygen atoms in total. The minimum atomic E-state index is 0.206. The van der Waals surface area contributed by atoms with E-state index < -0.39 is 0 Å². The molecule has 76 valence electrons. The van der Waals surface area contributed by atoms with E-state index in [9.17, 15) is 4.79 Å². The van der Waals surface area contributed by atoms with Crippen LogP contribution in [0.1, 0.15) is 25.5 Å². The molecule has 4 heteroatoms. The summed E-state index contributed by atoms with van der Waals surface area (Å²) in [5.41, 5.74) is 0.782. The number of Topliss-reactive ketones (excluding diaryl/α,β-unsaturated/α-hetero) is 1. The van der Waals surface area contributed by atoms with Crippen molar-refractivity contribution >= 4 is 5.78 Å². The highest BCUT2D eigenvalue weighted by molar-refractivity contribution is 5.83. The molecule has 1 atom stereocenters. The molecule has 0 aromatic carbocycles. The Balaban J connectivity index is 1.93. The third kappa shape index (κ3) is 2.00. The van der Waals surface area contributed by atoms with Crippen LogP contribution < -0.4 is 0 Å². The molecule has 1 aromatic rings. The largest absolute Gasteiger partial charge is 0.299 e. The van der Waals surface area contributed by atoms with Gasteiger partial charge in [0.15, 0.2) is 0 Å². The zero-order valence-corrected chi connectivity index (χ0v) is 8.60. The summed E-state index contributed by atoms with van der Waals surface area (Å²) in [6.07, 6.45) is 4.67. The second kappa shape index (κ2) is 3.52. The maximum Gasteiger partial charge on any atom is 0.142 e. The lowest BCUT2D eigenvalue weighted by Crippen LogP contribution is -2.15. The van der Waals surface area contributed by atoms with Crippen molar-refractivity contribution < 1.29 is 4.79 Å². The SMILES string of the molecule is CC(C(=O)Cc1cn(C)nn1)C1CC1. The van der Waals surface area contributed by atoms with Gasteiger partial charge in [0.1, 0.15) is 5.78 Å². The highest BCUT2D eigenvalue weighted by atomic mass is 16.1. The smallest absolute Gasteiger partial charge is 0.142 e. The van der Waals surface area contributed by atoms with Gasteiger partial charge in [-0.3, -0.25) is 9.48 Å². The Bertz CT molecular complexity index is 341. The van der Waals surface area contributed by atoms with Crippen molar-refractivity contribution in [2.75, 3.05) is 0 Å². The summed E-state index contributed by atoms with van der Waals surface area (Å²) in [5, 5.41) is 7.71. The predicted molar refractivity (Wildman–Crippen MR) is 51.6 cm³/mol. The molecule has 1 heterocycles. The van der Waals surface area contributed by atoms with Crippen LogP contribution >= 0.6 is 0 Å². The molecule has 0 saturated heterocycles. The molecule has 0 aliphatic heterocycles. The molecule has 2 rings (SSSR count). The summed E-state index contributed by atoms with van der Waals surface area (Å²) in [6, 6.07) is 0. The standard InChI is InChI=1S/C10H15N3O/c1-7(8-3-4-8)10(14)5-9-6-13(2)12-11-9/h6-8H,3-5H2,1-2H3. The number of hydrogen-bond donors (Lipinski definition) is 0. The monoisotopic (exact) mass is 193 g/mol. The van der Waals surface area contributed by atoms with E-state index in [2.05, 4.69) is 10.3 Å². The number of carbonyl (C=O) groups is 1. The van der Waals surface area contributed by atoms with Gasteiger partial charge in [-0.1, -0.05) is 12.1 Å². The molecule has 14 heavy (non-hydrogen) atoms. The van der Waals surface area contributed by atoms with Crippen molar-refractivity contribution in [3.63, 3.8) is 0 Å². The van der Waals surface area contributed by atoms with Crippen LogP contribution in [0.3, 0.4) is 0 Å². The van der Waals surface area contributed by atoms with Crippen LogP contribution in [0.15, 0.2) is 6.20 Å². The number of rotatable bonds is 4. The minimum absolute atomic E-state index is 0.206. The third-order valence-electron chi connectivity index (χ3n) is 2.84. The van der Waals surface area contributed by atoms with Crippen LogP contribution in [-0.4, -0.2) is 20.8 Å². The second-order valence-electron chi connectivity index (χ2n) is 4.15. The molecule has 0 N–H and O–H groups in total. The number of hydrogen-bond acceptors (Lipinski definition) is 3. The molecule has 1 unspecified atom stereocenters. The van der Waals surface area contributed by atoms with Crippen LogP contribution in [0.2, 0.25) is 0 Å². The molecule has 0 amide bonds. The molecule has 1 aliphatic carbocycles. The van der Waals surface area contributed by atoms with Crippen LogP contribution in [0.4, 0.5) is 0 Å². The Kier molecular flexibility index (Phi) is 2.35. The fourth-order valence-electron chi connectivity index (χ4n) is 1.67. The van der Waals surface area contributed by atoms with Gasteiger partial charge >= 0.3 is 0 Å². The maximum atomic E-state index is 11.7. The van der Waals surface area contributed by atoms with Crippen molar-refractivity contribution in [1.82, 2.24) is 15.0 Å². The Morgan fingerprint density at radius 3 is 2.93 bits per heavy atom. The molecular weight excluding hydrogens is 178 g/mol. The third-order valence-corrected chi connectivity index (χ3v) is 2.84. The van der Waals surface area contributed by atoms with Gasteiger partial charge in [-0.25, -0.2) is 0 Å². The Morgan fingerprint density at radius 1 is 1.71 bits per heavy atom. The lowest BCUT2D eigenvalue weighted by atomic mass is 9.98. The van der Waals surface area contributed by atoms with Crippen molar-refractivity contribution in [3.05, 3.63) is 11.9 Å². The molecular formula is C10H15N3O. The number of aryl methyl sites for hydroxylation is 1. The van der Waals surface area contributed by atoms with Gasteiger partial charge in [-0.15, -0.1) is 5.10 Å². The highest BCUT2D eigenvalue weighted by Gasteiger charge is 2.32. The molecule has 1 fully saturated rings. The van der Waals surface area contributed by atoms with Gasteiger partial charge in [0.25, 0.3) is 0 Å². The molecule has 1 aliphatic rings. The zero-order chi connectivity index (χ0) is 10.1. The van der Waals surface area contributed by atoms with Gasteiger partial charge in [0.05, 0.1) is 12.1 Å². The summed E-state index contributed by atoms with van der Waals surface area (Å²) >= 11 is 0. The van der Waals surface area contributed by atoms with E-state index in [0.717, 1.165) is 5.69 Å². The first-order chi connectivity index (χ1) is 6.66. The van der Waals surface area contributed by atoms with Crippen molar-refractivity contribution in [2.24, 2.45) is 18.9 Å².